The summed E-state index contributed by atoms with van der Waals surface area (Å²) >= 11 is 0. The molecule has 224 valence electrons. The van der Waals surface area contributed by atoms with Crippen LogP contribution >= 0.6 is 0 Å². The van der Waals surface area contributed by atoms with Gasteiger partial charge in [-0.05, 0) is 72.8 Å². The van der Waals surface area contributed by atoms with E-state index in [1.807, 2.05) is 72.8 Å². The number of aromatic nitrogens is 12. The van der Waals surface area contributed by atoms with E-state index in [1.54, 1.807) is 24.8 Å². The minimum Gasteiger partial charge on any atom is -0.354 e. The number of hydrogen-bond acceptors (Lipinski definition) is 6. The molecule has 9 heterocycles. The van der Waals surface area contributed by atoms with Gasteiger partial charge in [-0.2, -0.15) is 20.4 Å². The first-order valence-electron chi connectivity index (χ1n) is 14.0. The fourth-order valence-electron chi connectivity index (χ4n) is 5.88. The second-order valence-electron chi connectivity index (χ2n) is 10.3. The van der Waals surface area contributed by atoms with Gasteiger partial charge in [0.25, 0.3) is 0 Å². The van der Waals surface area contributed by atoms with Gasteiger partial charge in [-0.3, -0.25) is 20.4 Å². The topological polar surface area (TPSA) is 172 Å². The molecule has 6 N–H and O–H groups in total. The predicted molar refractivity (Wildman–Crippen MR) is 169 cm³/mol. The van der Waals surface area contributed by atoms with Crippen LogP contribution in [0.2, 0.25) is 0 Å². The molecule has 2 aliphatic rings. The van der Waals surface area contributed by atoms with E-state index < -0.39 is 0 Å². The van der Waals surface area contributed by atoms with Gasteiger partial charge in [-0.25, -0.2) is 9.97 Å². The molecule has 0 saturated carbocycles. The monoisotopic (exact) mass is 748 g/mol. The molecule has 0 unspecified atom stereocenters. The average Bonchev–Trinajstić information content (AvgIpc) is 3.90. The predicted octanol–water partition coefficient (Wildman–Crippen LogP) is 6.22. The molecule has 8 bridgehead atoms. The molecule has 0 aromatic carbocycles. The number of fused-ring (bicyclic) bond motifs is 8. The van der Waals surface area contributed by atoms with Gasteiger partial charge in [0.15, 0.2) is 0 Å². The molecule has 0 radical (unpaired) electrons. The summed E-state index contributed by atoms with van der Waals surface area (Å²) in [5, 5.41) is 29.9. The van der Waals surface area contributed by atoms with Gasteiger partial charge in [0.05, 0.1) is 89.9 Å². The second kappa shape index (κ2) is 11.1. The van der Waals surface area contributed by atoms with Crippen molar-refractivity contribution in [1.29, 1.82) is 0 Å². The Bertz CT molecular complexity index is 2040. The van der Waals surface area contributed by atoms with E-state index >= 15 is 0 Å². The van der Waals surface area contributed by atoms with Gasteiger partial charge >= 0.3 is 0 Å². The standard InChI is InChI=1S/C32H22N12.Yb/c1-2-18-30(26-10-14-34-42-26)20-5-6-22(39-20)32(28-12-16-36-44-28)24-8-7-23(40-24)31(27-11-15-35-43-27)21-4-3-19(38-21)29(17(1)37-18)25-9-13-33-41-25;/h1-16,37,40H,(H,33,41)(H,34,42)(H,35,43)(H,36,44);. The summed E-state index contributed by atoms with van der Waals surface area (Å²) in [6.45, 7) is 0. The molecule has 9 rings (SSSR count). The normalized spacial score (nSPS) is 12.1. The molecule has 0 amide bonds. The summed E-state index contributed by atoms with van der Waals surface area (Å²) in [6, 6.07) is 15.9. The first-order chi connectivity index (χ1) is 21.8. The van der Waals surface area contributed by atoms with E-state index in [1.165, 1.54) is 0 Å². The van der Waals surface area contributed by atoms with Crippen LogP contribution in [0.5, 0.6) is 0 Å². The number of H-pyrrole nitrogens is 6. The molecule has 13 heteroatoms. The maximum absolute atomic E-state index is 5.15. The Balaban J connectivity index is 0.00000300. The van der Waals surface area contributed by atoms with Crippen molar-refractivity contribution in [2.45, 2.75) is 0 Å². The van der Waals surface area contributed by atoms with Crippen LogP contribution in [0.15, 0.2) is 73.3 Å². The molecule has 0 fully saturated rings. The van der Waals surface area contributed by atoms with Crippen molar-refractivity contribution in [1.82, 2.24) is 60.7 Å². The van der Waals surface area contributed by atoms with Crippen LogP contribution in [0.25, 0.3) is 91.4 Å². The smallest absolute Gasteiger partial charge is 0.0963 e. The van der Waals surface area contributed by atoms with Gasteiger partial charge in [-0.1, -0.05) is 0 Å². The van der Waals surface area contributed by atoms with Gasteiger partial charge in [0.2, 0.25) is 0 Å². The maximum atomic E-state index is 5.15. The van der Waals surface area contributed by atoms with E-state index in [4.69, 9.17) is 9.97 Å². The summed E-state index contributed by atoms with van der Waals surface area (Å²) in [5.41, 5.74) is 13.0. The van der Waals surface area contributed by atoms with Crippen LogP contribution in [0.3, 0.4) is 0 Å². The maximum Gasteiger partial charge on any atom is 0.0963 e. The number of hydrogen-bond donors (Lipinski definition) is 6. The third kappa shape index (κ3) is 4.65. The largest absolute Gasteiger partial charge is 0.354 e. The summed E-state index contributed by atoms with van der Waals surface area (Å²) in [7, 11) is 0. The third-order valence-electron chi connectivity index (χ3n) is 7.78. The van der Waals surface area contributed by atoms with Crippen molar-refractivity contribution in [2.24, 2.45) is 0 Å². The molecule has 12 nitrogen and oxygen atoms in total. The zero-order chi connectivity index (χ0) is 29.0. The second-order valence-corrected chi connectivity index (χ2v) is 10.3. The Kier molecular flexibility index (Phi) is 6.81. The molecule has 7 aromatic heterocycles. The quantitative estimate of drug-likeness (QED) is 0.125. The first kappa shape index (κ1) is 27.5. The van der Waals surface area contributed by atoms with Gasteiger partial charge in [0.1, 0.15) is 0 Å². The van der Waals surface area contributed by atoms with Crippen LogP contribution in [0, 0.1) is 46.9 Å². The minimum atomic E-state index is 0. The van der Waals surface area contributed by atoms with E-state index in [9.17, 15) is 0 Å². The van der Waals surface area contributed by atoms with Crippen LogP contribution in [0.1, 0.15) is 22.8 Å². The summed E-state index contributed by atoms with van der Waals surface area (Å²) < 4.78 is 0. The molecule has 0 saturated heterocycles. The molecule has 7 aromatic rings. The average molecular weight is 748 g/mol. The van der Waals surface area contributed by atoms with Crippen molar-refractivity contribution in [3.63, 3.8) is 0 Å². The van der Waals surface area contributed by atoms with Gasteiger partial charge < -0.3 is 9.97 Å². The number of rotatable bonds is 4. The van der Waals surface area contributed by atoms with E-state index in [0.717, 1.165) is 89.9 Å². The summed E-state index contributed by atoms with van der Waals surface area (Å²) in [4.78, 5) is 17.6. The molecular weight excluding hydrogens is 725 g/mol. The van der Waals surface area contributed by atoms with Crippen LogP contribution < -0.4 is 0 Å². The molecule has 0 spiro atoms. The van der Waals surface area contributed by atoms with Crippen molar-refractivity contribution in [2.75, 3.05) is 0 Å². The summed E-state index contributed by atoms with van der Waals surface area (Å²) in [5.74, 6) is 0. The summed E-state index contributed by atoms with van der Waals surface area (Å²) in [6.07, 6.45) is 15.3. The Morgan fingerprint density at radius 1 is 0.356 bits per heavy atom. The fourth-order valence-corrected chi connectivity index (χ4v) is 5.88. The Labute approximate surface area is 292 Å². The van der Waals surface area contributed by atoms with E-state index in [0.29, 0.717) is 0 Å². The molecular formula is C32H22N12Yb. The molecule has 0 atom stereocenters. The number of nitrogens with zero attached hydrogens (tertiary/aromatic N) is 6. The zero-order valence-electron chi connectivity index (χ0n) is 23.2. The van der Waals surface area contributed by atoms with Crippen LogP contribution in [0.4, 0.5) is 0 Å². The van der Waals surface area contributed by atoms with Crippen molar-refractivity contribution < 1.29 is 46.9 Å². The number of nitrogens with one attached hydrogen (secondary N) is 6. The number of aromatic amines is 6. The van der Waals surface area contributed by atoms with Crippen molar-refractivity contribution in [3.05, 3.63) is 96.1 Å². The van der Waals surface area contributed by atoms with Crippen LogP contribution in [-0.2, 0) is 0 Å². The Morgan fingerprint density at radius 3 is 0.844 bits per heavy atom. The SMILES string of the molecule is C1=Cc2nc1c(-c1cc[nH]n1)c1ccc([nH]1)c(-c1cc[nH]n1)c1nc(c(-c3cc[nH]n3)c3ccc([nH]3)c2-c2cc[nH]n2)C=C1.[Yb]. The molecule has 0 aliphatic carbocycles. The third-order valence-corrected chi connectivity index (χ3v) is 7.78. The van der Waals surface area contributed by atoms with Crippen LogP contribution in [-0.4, -0.2) is 60.7 Å². The van der Waals surface area contributed by atoms with E-state index in [-0.39, 0.29) is 46.9 Å². The molecule has 45 heavy (non-hydrogen) atoms. The van der Waals surface area contributed by atoms with Crippen molar-refractivity contribution in [3.8, 4) is 45.0 Å². The molecule has 2 aliphatic heterocycles. The van der Waals surface area contributed by atoms with Gasteiger partial charge in [0, 0.05) is 71.7 Å². The zero-order valence-corrected chi connectivity index (χ0v) is 24.9. The first-order valence-corrected chi connectivity index (χ1v) is 14.0. The Morgan fingerprint density at radius 2 is 0.622 bits per heavy atom. The minimum absolute atomic E-state index is 0. The fraction of sp³-hybridized carbons (Fsp3) is 0. The van der Waals surface area contributed by atoms with Crippen molar-refractivity contribution >= 4 is 46.4 Å². The van der Waals surface area contributed by atoms with E-state index in [2.05, 4.69) is 50.8 Å². The Hall–Kier alpha value is -5.04. The van der Waals surface area contributed by atoms with Gasteiger partial charge in [-0.15, -0.1) is 0 Å².